The molecule has 1 amide bonds. The molecule has 0 spiro atoms. The molecule has 2 aromatic carbocycles. The Balaban J connectivity index is 1.56. The number of rotatable bonds is 9. The van der Waals surface area contributed by atoms with Crippen LogP contribution in [-0.4, -0.2) is 30.1 Å². The maximum Gasteiger partial charge on any atom is 0.239 e. The lowest BCUT2D eigenvalue weighted by Crippen LogP contribution is -2.43. The van der Waals surface area contributed by atoms with Crippen molar-refractivity contribution in [3.05, 3.63) is 90.5 Å². The number of nitrogens with one attached hydrogen (secondary N) is 1. The van der Waals surface area contributed by atoms with Gasteiger partial charge < -0.3 is 15.0 Å². The van der Waals surface area contributed by atoms with Gasteiger partial charge in [-0.1, -0.05) is 24.3 Å². The van der Waals surface area contributed by atoms with E-state index < -0.39 is 0 Å². The van der Waals surface area contributed by atoms with Gasteiger partial charge >= 0.3 is 0 Å². The van der Waals surface area contributed by atoms with E-state index in [9.17, 15) is 9.18 Å². The third kappa shape index (κ3) is 6.60. The third-order valence-corrected chi connectivity index (χ3v) is 4.27. The molecule has 0 aliphatic heterocycles. The molecule has 0 radical (unpaired) electrons. The van der Waals surface area contributed by atoms with Crippen molar-refractivity contribution in [2.24, 2.45) is 0 Å². The van der Waals surface area contributed by atoms with Crippen molar-refractivity contribution in [1.29, 1.82) is 0 Å². The number of aromatic nitrogens is 1. The highest BCUT2D eigenvalue weighted by molar-refractivity contribution is 5.81. The Kier molecular flexibility index (Phi) is 7.16. The number of hydrogen-bond donors (Lipinski definition) is 1. The van der Waals surface area contributed by atoms with Crippen molar-refractivity contribution in [2.45, 2.75) is 19.5 Å². The second kappa shape index (κ2) is 10.2. The van der Waals surface area contributed by atoms with Crippen LogP contribution in [0.1, 0.15) is 12.5 Å². The molecule has 1 atom stereocenters. The molecule has 6 heteroatoms. The van der Waals surface area contributed by atoms with E-state index >= 15 is 0 Å². The van der Waals surface area contributed by atoms with Crippen LogP contribution in [0.25, 0.3) is 0 Å². The molecule has 0 fully saturated rings. The van der Waals surface area contributed by atoms with Gasteiger partial charge in [-0.25, -0.2) is 4.39 Å². The topological polar surface area (TPSA) is 54.5 Å². The maximum atomic E-state index is 13.0. The average Bonchev–Trinajstić information content (AvgIpc) is 2.74. The maximum absolute atomic E-state index is 13.0. The van der Waals surface area contributed by atoms with Gasteiger partial charge in [0.1, 0.15) is 18.2 Å². The summed E-state index contributed by atoms with van der Waals surface area (Å²) in [5.74, 6) is 0.149. The van der Waals surface area contributed by atoms with Crippen LogP contribution in [0.2, 0.25) is 0 Å². The first-order chi connectivity index (χ1) is 14.1. The van der Waals surface area contributed by atoms with E-state index in [0.717, 1.165) is 11.3 Å². The fourth-order valence-corrected chi connectivity index (χ4v) is 2.88. The van der Waals surface area contributed by atoms with Crippen LogP contribution in [0, 0.1) is 5.82 Å². The van der Waals surface area contributed by atoms with Gasteiger partial charge in [-0.2, -0.15) is 0 Å². The highest BCUT2D eigenvalue weighted by Crippen LogP contribution is 2.16. The fraction of sp³-hybridized carbons (Fsp3) is 0.217. The van der Waals surface area contributed by atoms with Crippen LogP contribution in [0.5, 0.6) is 5.75 Å². The summed E-state index contributed by atoms with van der Waals surface area (Å²) in [6.07, 6.45) is 3.53. The molecule has 0 saturated heterocycles. The molecule has 0 aliphatic rings. The summed E-state index contributed by atoms with van der Waals surface area (Å²) in [6, 6.07) is 19.3. The summed E-state index contributed by atoms with van der Waals surface area (Å²) in [4.78, 5) is 18.8. The average molecular weight is 393 g/mol. The smallest absolute Gasteiger partial charge is 0.239 e. The minimum absolute atomic E-state index is 0.104. The van der Waals surface area contributed by atoms with Gasteiger partial charge in [-0.3, -0.25) is 9.78 Å². The lowest BCUT2D eigenvalue weighted by Gasteiger charge is -2.25. The summed E-state index contributed by atoms with van der Waals surface area (Å²) in [6.45, 7) is 2.95. The molecule has 0 aliphatic carbocycles. The van der Waals surface area contributed by atoms with Crippen LogP contribution in [0.15, 0.2) is 79.1 Å². The minimum Gasteiger partial charge on any atom is -0.491 e. The molecule has 0 saturated carbocycles. The molecule has 150 valence electrons. The number of hydrogen-bond acceptors (Lipinski definition) is 4. The summed E-state index contributed by atoms with van der Waals surface area (Å²) < 4.78 is 18.6. The highest BCUT2D eigenvalue weighted by atomic mass is 19.1. The van der Waals surface area contributed by atoms with Crippen molar-refractivity contribution < 1.29 is 13.9 Å². The third-order valence-electron chi connectivity index (χ3n) is 4.27. The lowest BCUT2D eigenvalue weighted by molar-refractivity contribution is -0.120. The predicted octanol–water partition coefficient (Wildman–Crippen LogP) is 3.81. The van der Waals surface area contributed by atoms with E-state index in [4.69, 9.17) is 4.74 Å². The zero-order valence-electron chi connectivity index (χ0n) is 16.3. The molecule has 0 bridgehead atoms. The van der Waals surface area contributed by atoms with Crippen LogP contribution >= 0.6 is 0 Å². The van der Waals surface area contributed by atoms with Gasteiger partial charge in [-0.05, 0) is 55.0 Å². The first-order valence-electron chi connectivity index (χ1n) is 9.47. The number of para-hydroxylation sites is 1. The van der Waals surface area contributed by atoms with Crippen molar-refractivity contribution in [3.8, 4) is 5.75 Å². The van der Waals surface area contributed by atoms with Gasteiger partial charge in [0.15, 0.2) is 0 Å². The predicted molar refractivity (Wildman–Crippen MR) is 111 cm³/mol. The Morgan fingerprint density at radius 1 is 1.10 bits per heavy atom. The lowest BCUT2D eigenvalue weighted by atomic mass is 10.2. The van der Waals surface area contributed by atoms with Crippen LogP contribution in [0.3, 0.4) is 0 Å². The number of nitrogens with zero attached hydrogens (tertiary/aromatic N) is 2. The normalized spacial score (nSPS) is 11.5. The Morgan fingerprint density at radius 3 is 2.55 bits per heavy atom. The molecular weight excluding hydrogens is 369 g/mol. The Bertz CT molecular complexity index is 889. The van der Waals surface area contributed by atoms with Gasteiger partial charge in [0, 0.05) is 24.6 Å². The van der Waals surface area contributed by atoms with Crippen LogP contribution < -0.4 is 15.0 Å². The van der Waals surface area contributed by atoms with E-state index in [1.807, 2.05) is 54.3 Å². The van der Waals surface area contributed by atoms with Crippen molar-refractivity contribution >= 4 is 11.6 Å². The molecule has 3 rings (SSSR count). The quantitative estimate of drug-likeness (QED) is 0.601. The van der Waals surface area contributed by atoms with Crippen LogP contribution in [-0.2, 0) is 11.3 Å². The summed E-state index contributed by atoms with van der Waals surface area (Å²) in [7, 11) is 0. The van der Waals surface area contributed by atoms with E-state index in [2.05, 4.69) is 10.3 Å². The molecular formula is C23H24FN3O2. The van der Waals surface area contributed by atoms with Gasteiger partial charge in [0.05, 0.1) is 12.6 Å². The van der Waals surface area contributed by atoms with E-state index in [0.29, 0.717) is 18.9 Å². The first kappa shape index (κ1) is 20.3. The second-order valence-corrected chi connectivity index (χ2v) is 6.79. The Labute approximate surface area is 170 Å². The summed E-state index contributed by atoms with van der Waals surface area (Å²) in [5, 5.41) is 2.95. The number of carbonyl (C=O) groups is 1. The number of benzene rings is 2. The van der Waals surface area contributed by atoms with Gasteiger partial charge in [0.2, 0.25) is 5.91 Å². The molecule has 1 heterocycles. The summed E-state index contributed by atoms with van der Waals surface area (Å²) in [5.41, 5.74) is 1.98. The second-order valence-electron chi connectivity index (χ2n) is 6.79. The zero-order valence-corrected chi connectivity index (χ0v) is 16.3. The summed E-state index contributed by atoms with van der Waals surface area (Å²) >= 11 is 0. The van der Waals surface area contributed by atoms with Gasteiger partial charge in [0.25, 0.3) is 0 Å². The molecule has 1 unspecified atom stereocenters. The molecule has 1 aromatic heterocycles. The van der Waals surface area contributed by atoms with Crippen molar-refractivity contribution in [3.63, 3.8) is 0 Å². The van der Waals surface area contributed by atoms with Crippen LogP contribution in [0.4, 0.5) is 10.1 Å². The number of carbonyl (C=O) groups excluding carboxylic acids is 1. The number of amides is 1. The molecule has 3 aromatic rings. The SMILES string of the molecule is CC(COc1ccc(F)cc1)NC(=O)CN(Cc1cccnc1)c1ccccc1. The molecule has 29 heavy (non-hydrogen) atoms. The Hall–Kier alpha value is -3.41. The van der Waals surface area contributed by atoms with Crippen molar-refractivity contribution in [2.75, 3.05) is 18.1 Å². The zero-order chi connectivity index (χ0) is 20.5. The number of ether oxygens (including phenoxy) is 1. The number of anilines is 1. The largest absolute Gasteiger partial charge is 0.491 e. The molecule has 5 nitrogen and oxygen atoms in total. The standard InChI is InChI=1S/C23H24FN3O2/c1-18(17-29-22-11-9-20(24)10-12-22)26-23(28)16-27(21-7-3-2-4-8-21)15-19-6-5-13-25-14-19/h2-14,18H,15-17H2,1H3,(H,26,28). The van der Waals surface area contributed by atoms with E-state index in [-0.39, 0.29) is 24.3 Å². The van der Waals surface area contributed by atoms with E-state index in [1.165, 1.54) is 12.1 Å². The van der Waals surface area contributed by atoms with E-state index in [1.54, 1.807) is 24.5 Å². The number of halogens is 1. The monoisotopic (exact) mass is 393 g/mol. The highest BCUT2D eigenvalue weighted by Gasteiger charge is 2.15. The van der Waals surface area contributed by atoms with Gasteiger partial charge in [-0.15, -0.1) is 0 Å². The fourth-order valence-electron chi connectivity index (χ4n) is 2.88. The van der Waals surface area contributed by atoms with Crippen molar-refractivity contribution in [1.82, 2.24) is 10.3 Å². The molecule has 1 N–H and O–H groups in total. The minimum atomic E-state index is -0.312. The first-order valence-corrected chi connectivity index (χ1v) is 9.47. The number of pyridine rings is 1. The Morgan fingerprint density at radius 2 is 1.86 bits per heavy atom.